The van der Waals surface area contributed by atoms with Crippen molar-refractivity contribution < 1.29 is 4.39 Å². The van der Waals surface area contributed by atoms with Gasteiger partial charge in [-0.1, -0.05) is 30.3 Å². The van der Waals surface area contributed by atoms with E-state index in [2.05, 4.69) is 0 Å². The van der Waals surface area contributed by atoms with Gasteiger partial charge in [-0.05, 0) is 18.1 Å². The second-order valence-electron chi connectivity index (χ2n) is 3.45. The fourth-order valence-corrected chi connectivity index (χ4v) is 1.35. The van der Waals surface area contributed by atoms with E-state index in [-0.39, 0.29) is 17.8 Å². The molecule has 2 N–H and O–H groups in total. The van der Waals surface area contributed by atoms with Gasteiger partial charge in [0, 0.05) is 12.0 Å². The van der Waals surface area contributed by atoms with Crippen LogP contribution in [0.15, 0.2) is 36.2 Å². The molecule has 1 aliphatic carbocycles. The molecular weight excluding hydrogens is 165 g/mol. The van der Waals surface area contributed by atoms with Crippen molar-refractivity contribution in [2.45, 2.75) is 12.5 Å². The fourth-order valence-electron chi connectivity index (χ4n) is 1.35. The lowest BCUT2D eigenvalue weighted by Crippen LogP contribution is -2.01. The molecule has 0 radical (unpaired) electrons. The summed E-state index contributed by atoms with van der Waals surface area (Å²) in [6, 6.07) is 9.51. The highest BCUT2D eigenvalue weighted by molar-refractivity contribution is 5.52. The zero-order valence-electron chi connectivity index (χ0n) is 7.28. The standard InChI is InChI=1S/C11H12FN/c12-10(9-7-11(9)13)6-8-4-2-1-3-5-8/h1-6,9,11H,7,13H2/b10-6-/t9?,11-/m1/s1. The molecule has 0 saturated heterocycles. The van der Waals surface area contributed by atoms with Gasteiger partial charge in [0.15, 0.2) is 0 Å². The minimum absolute atomic E-state index is 0.0276. The van der Waals surface area contributed by atoms with Crippen LogP contribution in [0, 0.1) is 5.92 Å². The van der Waals surface area contributed by atoms with Crippen LogP contribution in [0.5, 0.6) is 0 Å². The Morgan fingerprint density at radius 2 is 2.00 bits per heavy atom. The lowest BCUT2D eigenvalue weighted by molar-refractivity contribution is 0.578. The van der Waals surface area contributed by atoms with E-state index >= 15 is 0 Å². The molecule has 0 heterocycles. The normalized spacial score (nSPS) is 27.4. The van der Waals surface area contributed by atoms with Crippen LogP contribution in [0.25, 0.3) is 6.08 Å². The van der Waals surface area contributed by atoms with Gasteiger partial charge in [0.1, 0.15) is 5.83 Å². The molecule has 2 heteroatoms. The first kappa shape index (κ1) is 8.45. The van der Waals surface area contributed by atoms with Gasteiger partial charge in [0.05, 0.1) is 0 Å². The second kappa shape index (κ2) is 3.30. The molecule has 0 spiro atoms. The van der Waals surface area contributed by atoms with Crippen molar-refractivity contribution in [3.63, 3.8) is 0 Å². The van der Waals surface area contributed by atoms with E-state index in [1.54, 1.807) is 6.08 Å². The maximum atomic E-state index is 13.3. The first-order chi connectivity index (χ1) is 6.27. The highest BCUT2D eigenvalue weighted by Crippen LogP contribution is 2.36. The largest absolute Gasteiger partial charge is 0.327 e. The highest BCUT2D eigenvalue weighted by atomic mass is 19.1. The van der Waals surface area contributed by atoms with E-state index < -0.39 is 0 Å². The smallest absolute Gasteiger partial charge is 0.105 e. The van der Waals surface area contributed by atoms with E-state index in [9.17, 15) is 4.39 Å². The van der Waals surface area contributed by atoms with Crippen LogP contribution in [-0.4, -0.2) is 6.04 Å². The van der Waals surface area contributed by atoms with E-state index in [1.165, 1.54) is 0 Å². The number of hydrogen-bond acceptors (Lipinski definition) is 1. The van der Waals surface area contributed by atoms with Crippen molar-refractivity contribution in [2.24, 2.45) is 11.7 Å². The third-order valence-corrected chi connectivity index (χ3v) is 2.30. The molecule has 68 valence electrons. The number of rotatable bonds is 2. The summed E-state index contributed by atoms with van der Waals surface area (Å²) in [6.45, 7) is 0. The fraction of sp³-hybridized carbons (Fsp3) is 0.273. The highest BCUT2D eigenvalue weighted by Gasteiger charge is 2.37. The average Bonchev–Trinajstić information content (AvgIpc) is 2.84. The Hall–Kier alpha value is -1.15. The average molecular weight is 177 g/mol. The zero-order chi connectivity index (χ0) is 9.26. The first-order valence-corrected chi connectivity index (χ1v) is 4.45. The summed E-state index contributed by atoms with van der Waals surface area (Å²) in [4.78, 5) is 0. The van der Waals surface area contributed by atoms with Gasteiger partial charge in [-0.25, -0.2) is 4.39 Å². The molecule has 2 atom stereocenters. The van der Waals surface area contributed by atoms with Gasteiger partial charge >= 0.3 is 0 Å². The Morgan fingerprint density at radius 3 is 2.54 bits per heavy atom. The Bertz CT molecular complexity index is 318. The summed E-state index contributed by atoms with van der Waals surface area (Å²) in [5.74, 6) is -0.112. The van der Waals surface area contributed by atoms with Gasteiger partial charge in [-0.3, -0.25) is 0 Å². The number of benzene rings is 1. The lowest BCUT2D eigenvalue weighted by Gasteiger charge is -1.94. The van der Waals surface area contributed by atoms with E-state index in [1.807, 2.05) is 30.3 Å². The zero-order valence-corrected chi connectivity index (χ0v) is 7.28. The quantitative estimate of drug-likeness (QED) is 0.737. The molecule has 1 nitrogen and oxygen atoms in total. The van der Waals surface area contributed by atoms with Crippen molar-refractivity contribution >= 4 is 6.08 Å². The molecule has 0 aliphatic heterocycles. The topological polar surface area (TPSA) is 26.0 Å². The maximum Gasteiger partial charge on any atom is 0.105 e. The summed E-state index contributed by atoms with van der Waals surface area (Å²) < 4.78 is 13.3. The Kier molecular flexibility index (Phi) is 2.15. The Balaban J connectivity index is 2.12. The van der Waals surface area contributed by atoms with Crippen LogP contribution in [0.1, 0.15) is 12.0 Å². The van der Waals surface area contributed by atoms with Crippen molar-refractivity contribution in [1.29, 1.82) is 0 Å². The van der Waals surface area contributed by atoms with Gasteiger partial charge in [-0.2, -0.15) is 0 Å². The molecule has 1 aromatic carbocycles. The predicted octanol–water partition coefficient (Wildman–Crippen LogP) is 2.34. The van der Waals surface area contributed by atoms with Crippen molar-refractivity contribution in [2.75, 3.05) is 0 Å². The van der Waals surface area contributed by atoms with Crippen LogP contribution in [0.2, 0.25) is 0 Å². The summed E-state index contributed by atoms with van der Waals surface area (Å²) in [6.07, 6.45) is 2.35. The van der Waals surface area contributed by atoms with Crippen molar-refractivity contribution in [1.82, 2.24) is 0 Å². The minimum atomic E-state index is -0.0845. The maximum absolute atomic E-state index is 13.3. The molecule has 0 amide bonds. The van der Waals surface area contributed by atoms with E-state index in [0.29, 0.717) is 0 Å². The molecule has 2 rings (SSSR count). The summed E-state index contributed by atoms with van der Waals surface area (Å²) >= 11 is 0. The molecule has 1 saturated carbocycles. The molecule has 0 bridgehead atoms. The third kappa shape index (κ3) is 1.95. The minimum Gasteiger partial charge on any atom is -0.327 e. The van der Waals surface area contributed by atoms with Crippen LogP contribution in [0.3, 0.4) is 0 Å². The lowest BCUT2D eigenvalue weighted by atomic mass is 10.2. The van der Waals surface area contributed by atoms with Crippen LogP contribution < -0.4 is 5.73 Å². The summed E-state index contributed by atoms with van der Waals surface area (Å²) in [5.41, 5.74) is 6.44. The molecule has 13 heavy (non-hydrogen) atoms. The second-order valence-corrected chi connectivity index (χ2v) is 3.45. The SMILES string of the molecule is N[C@@H]1CC1/C(F)=C/c1ccccc1. The molecule has 0 aromatic heterocycles. The monoisotopic (exact) mass is 177 g/mol. The van der Waals surface area contributed by atoms with Crippen molar-refractivity contribution in [3.8, 4) is 0 Å². The number of nitrogens with two attached hydrogens (primary N) is 1. The van der Waals surface area contributed by atoms with Gasteiger partial charge in [0.25, 0.3) is 0 Å². The molecule has 1 unspecified atom stereocenters. The Morgan fingerprint density at radius 1 is 1.38 bits per heavy atom. The van der Waals surface area contributed by atoms with Crippen LogP contribution in [-0.2, 0) is 0 Å². The molecule has 1 aromatic rings. The number of halogens is 1. The van der Waals surface area contributed by atoms with Crippen LogP contribution in [0.4, 0.5) is 4.39 Å². The first-order valence-electron chi connectivity index (χ1n) is 4.45. The van der Waals surface area contributed by atoms with Crippen molar-refractivity contribution in [3.05, 3.63) is 41.7 Å². The van der Waals surface area contributed by atoms with Gasteiger partial charge in [0.2, 0.25) is 0 Å². The molecular formula is C11H12FN. The summed E-state index contributed by atoms with van der Waals surface area (Å²) in [7, 11) is 0. The molecule has 1 fully saturated rings. The molecule has 1 aliphatic rings. The summed E-state index contributed by atoms with van der Waals surface area (Å²) in [5, 5.41) is 0. The van der Waals surface area contributed by atoms with E-state index in [4.69, 9.17) is 5.73 Å². The van der Waals surface area contributed by atoms with Gasteiger partial charge < -0.3 is 5.73 Å². The van der Waals surface area contributed by atoms with Crippen LogP contribution >= 0.6 is 0 Å². The third-order valence-electron chi connectivity index (χ3n) is 2.30. The predicted molar refractivity (Wildman–Crippen MR) is 51.6 cm³/mol. The van der Waals surface area contributed by atoms with Gasteiger partial charge in [-0.15, -0.1) is 0 Å². The van der Waals surface area contributed by atoms with E-state index in [0.717, 1.165) is 12.0 Å². The Labute approximate surface area is 77.1 Å². The number of hydrogen-bond donors (Lipinski definition) is 1.